The van der Waals surface area contributed by atoms with E-state index in [1.54, 1.807) is 0 Å². The summed E-state index contributed by atoms with van der Waals surface area (Å²) in [5.41, 5.74) is 5.65. The van der Waals surface area contributed by atoms with Crippen molar-refractivity contribution >= 4 is 5.97 Å². The Kier molecular flexibility index (Phi) is 2.25. The van der Waals surface area contributed by atoms with Crippen molar-refractivity contribution in [2.24, 2.45) is 0 Å². The Labute approximate surface area is 112 Å². The van der Waals surface area contributed by atoms with Gasteiger partial charge < -0.3 is 4.74 Å². The van der Waals surface area contributed by atoms with E-state index in [4.69, 9.17) is 4.74 Å². The smallest absolute Gasteiger partial charge is 0.339 e. The van der Waals surface area contributed by atoms with Gasteiger partial charge in [0.25, 0.3) is 0 Å². The molecule has 1 heterocycles. The van der Waals surface area contributed by atoms with Crippen LogP contribution in [-0.2, 0) is 17.6 Å². The first-order valence-electron chi connectivity index (χ1n) is 6.74. The predicted molar refractivity (Wildman–Crippen MR) is 72.2 cm³/mol. The van der Waals surface area contributed by atoms with E-state index in [1.807, 2.05) is 24.3 Å². The average molecular weight is 250 g/mol. The topological polar surface area (TPSA) is 26.3 Å². The Bertz CT molecular complexity index is 673. The average Bonchev–Trinajstić information content (AvgIpc) is 3.03. The fourth-order valence-corrected chi connectivity index (χ4v) is 3.15. The summed E-state index contributed by atoms with van der Waals surface area (Å²) in [7, 11) is 0. The number of aryl methyl sites for hydroxylation is 2. The molecule has 0 saturated heterocycles. The molecule has 1 atom stereocenters. The molecule has 0 saturated carbocycles. The Morgan fingerprint density at radius 2 is 1.84 bits per heavy atom. The summed E-state index contributed by atoms with van der Waals surface area (Å²) in [5, 5.41) is 0. The molecule has 1 aliphatic heterocycles. The Morgan fingerprint density at radius 1 is 1.00 bits per heavy atom. The van der Waals surface area contributed by atoms with Crippen molar-refractivity contribution in [3.05, 3.63) is 70.3 Å². The van der Waals surface area contributed by atoms with Crippen LogP contribution in [0.25, 0.3) is 0 Å². The Balaban J connectivity index is 1.80. The number of carbonyl (C=O) groups is 1. The van der Waals surface area contributed by atoms with Crippen LogP contribution in [0.1, 0.15) is 45.1 Å². The first-order chi connectivity index (χ1) is 9.33. The van der Waals surface area contributed by atoms with Gasteiger partial charge in [0.1, 0.15) is 0 Å². The number of fused-ring (bicyclic) bond motifs is 2. The number of rotatable bonds is 1. The van der Waals surface area contributed by atoms with Gasteiger partial charge in [-0.05, 0) is 42.0 Å². The van der Waals surface area contributed by atoms with Gasteiger partial charge in [0.2, 0.25) is 0 Å². The molecule has 0 aromatic heterocycles. The number of carbonyl (C=O) groups excluding carboxylic acids is 1. The summed E-state index contributed by atoms with van der Waals surface area (Å²) in [6.07, 6.45) is 3.33. The largest absolute Gasteiger partial charge is 0.449 e. The van der Waals surface area contributed by atoms with E-state index in [0.717, 1.165) is 17.5 Å². The molecule has 2 aliphatic rings. The van der Waals surface area contributed by atoms with Gasteiger partial charge in [-0.2, -0.15) is 0 Å². The van der Waals surface area contributed by atoms with E-state index in [2.05, 4.69) is 18.2 Å². The van der Waals surface area contributed by atoms with E-state index >= 15 is 0 Å². The van der Waals surface area contributed by atoms with Crippen LogP contribution in [0.15, 0.2) is 42.5 Å². The molecule has 1 unspecified atom stereocenters. The van der Waals surface area contributed by atoms with Gasteiger partial charge >= 0.3 is 5.97 Å². The summed E-state index contributed by atoms with van der Waals surface area (Å²) >= 11 is 0. The molecule has 2 aromatic carbocycles. The summed E-state index contributed by atoms with van der Waals surface area (Å²) in [5.74, 6) is -0.207. The molecule has 1 aliphatic carbocycles. The standard InChI is InChI=1S/C17H14O2/c18-17-15-7-2-1-6-14(15)16(19-17)13-9-8-11-4-3-5-12(11)10-13/h1-2,6-10,16H,3-5H2. The van der Waals surface area contributed by atoms with Gasteiger partial charge in [-0.3, -0.25) is 0 Å². The van der Waals surface area contributed by atoms with Gasteiger partial charge in [0.05, 0.1) is 5.56 Å². The molecule has 19 heavy (non-hydrogen) atoms. The van der Waals surface area contributed by atoms with Gasteiger partial charge in [-0.25, -0.2) is 4.79 Å². The number of benzene rings is 2. The fourth-order valence-electron chi connectivity index (χ4n) is 3.15. The van der Waals surface area contributed by atoms with Crippen molar-refractivity contribution in [3.8, 4) is 0 Å². The fraction of sp³-hybridized carbons (Fsp3) is 0.235. The minimum Gasteiger partial charge on any atom is -0.449 e. The highest BCUT2D eigenvalue weighted by Crippen LogP contribution is 2.37. The highest BCUT2D eigenvalue weighted by molar-refractivity contribution is 5.94. The summed E-state index contributed by atoms with van der Waals surface area (Å²) in [4.78, 5) is 11.9. The van der Waals surface area contributed by atoms with E-state index in [9.17, 15) is 4.79 Å². The molecule has 2 heteroatoms. The van der Waals surface area contributed by atoms with E-state index in [-0.39, 0.29) is 12.1 Å². The third kappa shape index (κ3) is 1.60. The molecule has 4 rings (SSSR count). The second kappa shape index (κ2) is 3.95. The Hall–Kier alpha value is -2.09. The van der Waals surface area contributed by atoms with Crippen molar-refractivity contribution in [1.82, 2.24) is 0 Å². The molecule has 0 amide bonds. The molecule has 0 radical (unpaired) electrons. The third-order valence-corrected chi connectivity index (χ3v) is 4.11. The van der Waals surface area contributed by atoms with Crippen LogP contribution in [0.3, 0.4) is 0 Å². The summed E-state index contributed by atoms with van der Waals surface area (Å²) < 4.78 is 5.54. The third-order valence-electron chi connectivity index (χ3n) is 4.11. The van der Waals surface area contributed by atoms with Crippen LogP contribution in [0.2, 0.25) is 0 Å². The number of hydrogen-bond donors (Lipinski definition) is 0. The number of esters is 1. The van der Waals surface area contributed by atoms with E-state index in [0.29, 0.717) is 5.56 Å². The zero-order chi connectivity index (χ0) is 12.8. The normalized spacial score (nSPS) is 20.0. The van der Waals surface area contributed by atoms with Gasteiger partial charge in [0.15, 0.2) is 6.10 Å². The van der Waals surface area contributed by atoms with Crippen molar-refractivity contribution < 1.29 is 9.53 Å². The van der Waals surface area contributed by atoms with Crippen LogP contribution in [-0.4, -0.2) is 5.97 Å². The van der Waals surface area contributed by atoms with Crippen LogP contribution in [0.4, 0.5) is 0 Å². The lowest BCUT2D eigenvalue weighted by atomic mass is 9.97. The van der Waals surface area contributed by atoms with Crippen LogP contribution in [0, 0.1) is 0 Å². The molecule has 94 valence electrons. The molecular formula is C17H14O2. The lowest BCUT2D eigenvalue weighted by molar-refractivity contribution is 0.0455. The zero-order valence-corrected chi connectivity index (χ0v) is 10.6. The zero-order valence-electron chi connectivity index (χ0n) is 10.6. The number of ether oxygens (including phenoxy) is 1. The van der Waals surface area contributed by atoms with Gasteiger partial charge in [-0.1, -0.05) is 36.4 Å². The van der Waals surface area contributed by atoms with Crippen LogP contribution >= 0.6 is 0 Å². The van der Waals surface area contributed by atoms with Gasteiger partial charge in [0, 0.05) is 5.56 Å². The maximum Gasteiger partial charge on any atom is 0.339 e. The van der Waals surface area contributed by atoms with Gasteiger partial charge in [-0.15, -0.1) is 0 Å². The lowest BCUT2D eigenvalue weighted by Gasteiger charge is -2.12. The molecule has 2 aromatic rings. The first kappa shape index (κ1) is 10.8. The van der Waals surface area contributed by atoms with Crippen LogP contribution < -0.4 is 0 Å². The maximum atomic E-state index is 11.9. The lowest BCUT2D eigenvalue weighted by Crippen LogP contribution is -2.01. The Morgan fingerprint density at radius 3 is 2.79 bits per heavy atom. The molecule has 0 fully saturated rings. The second-order valence-corrected chi connectivity index (χ2v) is 5.25. The number of hydrogen-bond acceptors (Lipinski definition) is 2. The van der Waals surface area contributed by atoms with Crippen LogP contribution in [0.5, 0.6) is 0 Å². The van der Waals surface area contributed by atoms with Crippen molar-refractivity contribution in [2.45, 2.75) is 25.4 Å². The number of cyclic esters (lactones) is 1. The van der Waals surface area contributed by atoms with E-state index in [1.165, 1.54) is 24.0 Å². The molecule has 0 N–H and O–H groups in total. The summed E-state index contributed by atoms with van der Waals surface area (Å²) in [6, 6.07) is 14.2. The molecule has 0 bridgehead atoms. The van der Waals surface area contributed by atoms with Crippen molar-refractivity contribution in [3.63, 3.8) is 0 Å². The highest BCUT2D eigenvalue weighted by Gasteiger charge is 2.32. The quantitative estimate of drug-likeness (QED) is 0.725. The highest BCUT2D eigenvalue weighted by atomic mass is 16.5. The first-order valence-corrected chi connectivity index (χ1v) is 6.74. The van der Waals surface area contributed by atoms with E-state index < -0.39 is 0 Å². The minimum absolute atomic E-state index is 0.207. The minimum atomic E-state index is -0.227. The SMILES string of the molecule is O=C1OC(c2ccc3c(c2)CCC3)c2ccccc21. The summed E-state index contributed by atoms with van der Waals surface area (Å²) in [6.45, 7) is 0. The molecule has 0 spiro atoms. The van der Waals surface area contributed by atoms with Crippen molar-refractivity contribution in [2.75, 3.05) is 0 Å². The molecule has 2 nitrogen and oxygen atoms in total. The van der Waals surface area contributed by atoms with Crippen molar-refractivity contribution in [1.29, 1.82) is 0 Å². The predicted octanol–water partition coefficient (Wildman–Crippen LogP) is 3.44. The molecular weight excluding hydrogens is 236 g/mol. The maximum absolute atomic E-state index is 11.9. The monoisotopic (exact) mass is 250 g/mol. The second-order valence-electron chi connectivity index (χ2n) is 5.25.